The summed E-state index contributed by atoms with van der Waals surface area (Å²) >= 11 is 0. The van der Waals surface area contributed by atoms with Crippen LogP contribution in [0.2, 0.25) is 0 Å². The van der Waals surface area contributed by atoms with Crippen molar-refractivity contribution in [1.82, 2.24) is 0 Å². The smallest absolute Gasteiger partial charge is 0.177 e. The number of furan rings is 1. The molecule has 0 fully saturated rings. The zero-order chi connectivity index (χ0) is 13.4. The van der Waals surface area contributed by atoms with Gasteiger partial charge in [0, 0.05) is 12.0 Å². The van der Waals surface area contributed by atoms with E-state index in [1.807, 2.05) is 19.1 Å². The Hall–Kier alpha value is -2.16. The molecule has 96 valence electrons. The fourth-order valence-electron chi connectivity index (χ4n) is 2.52. The van der Waals surface area contributed by atoms with Crippen LogP contribution in [0.25, 0.3) is 0 Å². The molecule has 1 atom stereocenters. The molecule has 0 amide bonds. The van der Waals surface area contributed by atoms with Gasteiger partial charge in [0.25, 0.3) is 0 Å². The summed E-state index contributed by atoms with van der Waals surface area (Å²) < 4.78 is 5.24. The standard InChI is InChI=1S/C16H14O3/c1-10-2-4-11(5-3-10)15(17)13-6-7-14-12(16(13)18)8-9-19-14/h2-5,8-9,13H,6-7H2,1H3. The number of Topliss-reactive ketones (excluding diaryl/α,β-unsaturated/α-hetero) is 2. The van der Waals surface area contributed by atoms with Crippen LogP contribution in [0.4, 0.5) is 0 Å². The number of carbonyl (C=O) groups excluding carboxylic acids is 2. The molecule has 0 radical (unpaired) electrons. The summed E-state index contributed by atoms with van der Waals surface area (Å²) in [4.78, 5) is 24.7. The van der Waals surface area contributed by atoms with Crippen molar-refractivity contribution in [3.05, 3.63) is 59.0 Å². The number of rotatable bonds is 2. The Balaban J connectivity index is 1.90. The number of hydrogen-bond donors (Lipinski definition) is 0. The van der Waals surface area contributed by atoms with E-state index in [0.29, 0.717) is 29.7 Å². The number of benzene rings is 1. The van der Waals surface area contributed by atoms with E-state index in [0.717, 1.165) is 5.56 Å². The first-order chi connectivity index (χ1) is 9.16. The number of aryl methyl sites for hydroxylation is 2. The fraction of sp³-hybridized carbons (Fsp3) is 0.250. The molecule has 3 nitrogen and oxygen atoms in total. The summed E-state index contributed by atoms with van der Waals surface area (Å²) in [6, 6.07) is 9.02. The fourth-order valence-corrected chi connectivity index (χ4v) is 2.52. The van der Waals surface area contributed by atoms with Gasteiger partial charge in [-0.2, -0.15) is 0 Å². The average Bonchev–Trinajstić information content (AvgIpc) is 2.88. The third-order valence-electron chi connectivity index (χ3n) is 3.64. The molecule has 0 saturated heterocycles. The summed E-state index contributed by atoms with van der Waals surface area (Å²) in [5, 5.41) is 0. The molecule has 0 saturated carbocycles. The van der Waals surface area contributed by atoms with E-state index in [-0.39, 0.29) is 11.6 Å². The van der Waals surface area contributed by atoms with Crippen molar-refractivity contribution < 1.29 is 14.0 Å². The molecule has 2 aromatic rings. The maximum atomic E-state index is 12.4. The van der Waals surface area contributed by atoms with Gasteiger partial charge < -0.3 is 4.42 Å². The Morgan fingerprint density at radius 1 is 1.21 bits per heavy atom. The van der Waals surface area contributed by atoms with E-state index in [2.05, 4.69) is 0 Å². The highest BCUT2D eigenvalue weighted by atomic mass is 16.3. The Labute approximate surface area is 111 Å². The molecular weight excluding hydrogens is 240 g/mol. The van der Waals surface area contributed by atoms with Crippen molar-refractivity contribution in [2.45, 2.75) is 19.8 Å². The number of ketones is 2. The minimum Gasteiger partial charge on any atom is -0.469 e. The van der Waals surface area contributed by atoms with Gasteiger partial charge in [-0.1, -0.05) is 29.8 Å². The Bertz CT molecular complexity index is 634. The largest absolute Gasteiger partial charge is 0.469 e. The number of carbonyl (C=O) groups is 2. The van der Waals surface area contributed by atoms with Crippen LogP contribution in [-0.2, 0) is 6.42 Å². The van der Waals surface area contributed by atoms with Crippen molar-refractivity contribution in [3.8, 4) is 0 Å². The highest BCUT2D eigenvalue weighted by molar-refractivity contribution is 6.16. The monoisotopic (exact) mass is 254 g/mol. The highest BCUT2D eigenvalue weighted by Crippen LogP contribution is 2.28. The molecular formula is C16H14O3. The minimum atomic E-state index is -0.562. The first-order valence-corrected chi connectivity index (χ1v) is 6.38. The lowest BCUT2D eigenvalue weighted by Gasteiger charge is -2.18. The molecule has 0 spiro atoms. The summed E-state index contributed by atoms with van der Waals surface area (Å²) in [6.07, 6.45) is 2.70. The Kier molecular flexibility index (Phi) is 2.82. The topological polar surface area (TPSA) is 47.3 Å². The predicted octanol–water partition coefficient (Wildman–Crippen LogP) is 3.22. The van der Waals surface area contributed by atoms with E-state index in [4.69, 9.17) is 4.42 Å². The second-order valence-corrected chi connectivity index (χ2v) is 4.94. The second-order valence-electron chi connectivity index (χ2n) is 4.94. The van der Waals surface area contributed by atoms with Crippen LogP contribution < -0.4 is 0 Å². The van der Waals surface area contributed by atoms with Crippen LogP contribution in [0, 0.1) is 12.8 Å². The van der Waals surface area contributed by atoms with Crippen LogP contribution in [0.3, 0.4) is 0 Å². The van der Waals surface area contributed by atoms with E-state index < -0.39 is 5.92 Å². The van der Waals surface area contributed by atoms with Gasteiger partial charge in [0.05, 0.1) is 17.7 Å². The lowest BCUT2D eigenvalue weighted by Crippen LogP contribution is -2.28. The summed E-state index contributed by atoms with van der Waals surface area (Å²) in [5.74, 6) is -0.0526. The molecule has 3 rings (SSSR count). The van der Waals surface area contributed by atoms with Gasteiger partial charge >= 0.3 is 0 Å². The van der Waals surface area contributed by atoms with E-state index in [9.17, 15) is 9.59 Å². The predicted molar refractivity (Wildman–Crippen MR) is 70.4 cm³/mol. The van der Waals surface area contributed by atoms with Gasteiger partial charge in [0.1, 0.15) is 5.76 Å². The third-order valence-corrected chi connectivity index (χ3v) is 3.64. The van der Waals surface area contributed by atoms with Gasteiger partial charge in [0.15, 0.2) is 11.6 Å². The zero-order valence-electron chi connectivity index (χ0n) is 10.7. The maximum Gasteiger partial charge on any atom is 0.177 e. The summed E-state index contributed by atoms with van der Waals surface area (Å²) in [7, 11) is 0. The SMILES string of the molecule is Cc1ccc(C(=O)C2CCc3occc3C2=O)cc1. The van der Waals surface area contributed by atoms with Gasteiger partial charge in [-0.05, 0) is 19.4 Å². The minimum absolute atomic E-state index is 0.0862. The lowest BCUT2D eigenvalue weighted by molar-refractivity contribution is 0.0787. The molecule has 1 unspecified atom stereocenters. The van der Waals surface area contributed by atoms with Crippen molar-refractivity contribution >= 4 is 11.6 Å². The van der Waals surface area contributed by atoms with Gasteiger partial charge in [0.2, 0.25) is 0 Å². The van der Waals surface area contributed by atoms with Crippen LogP contribution in [0.15, 0.2) is 41.0 Å². The average molecular weight is 254 g/mol. The molecule has 19 heavy (non-hydrogen) atoms. The molecule has 1 aromatic carbocycles. The Morgan fingerprint density at radius 2 is 1.95 bits per heavy atom. The first-order valence-electron chi connectivity index (χ1n) is 6.38. The van der Waals surface area contributed by atoms with Crippen LogP contribution in [0.5, 0.6) is 0 Å². The maximum absolute atomic E-state index is 12.4. The van der Waals surface area contributed by atoms with Crippen LogP contribution >= 0.6 is 0 Å². The quantitative estimate of drug-likeness (QED) is 0.610. The molecule has 0 N–H and O–H groups in total. The summed E-state index contributed by atoms with van der Waals surface area (Å²) in [5.41, 5.74) is 2.27. The van der Waals surface area contributed by atoms with E-state index >= 15 is 0 Å². The van der Waals surface area contributed by atoms with Crippen molar-refractivity contribution in [2.24, 2.45) is 5.92 Å². The first kappa shape index (κ1) is 11.9. The highest BCUT2D eigenvalue weighted by Gasteiger charge is 2.34. The van der Waals surface area contributed by atoms with Gasteiger partial charge in [-0.15, -0.1) is 0 Å². The van der Waals surface area contributed by atoms with Crippen molar-refractivity contribution in [2.75, 3.05) is 0 Å². The molecule has 1 aliphatic rings. The second kappa shape index (κ2) is 4.50. The molecule has 1 heterocycles. The summed E-state index contributed by atoms with van der Waals surface area (Å²) in [6.45, 7) is 1.97. The molecule has 1 aliphatic carbocycles. The van der Waals surface area contributed by atoms with Gasteiger partial charge in [-0.25, -0.2) is 0 Å². The lowest BCUT2D eigenvalue weighted by atomic mass is 9.82. The van der Waals surface area contributed by atoms with Crippen LogP contribution in [-0.4, -0.2) is 11.6 Å². The van der Waals surface area contributed by atoms with Crippen LogP contribution in [0.1, 0.15) is 38.5 Å². The third kappa shape index (κ3) is 2.01. The molecule has 0 aliphatic heterocycles. The number of fused-ring (bicyclic) bond motifs is 1. The van der Waals surface area contributed by atoms with E-state index in [1.54, 1.807) is 18.2 Å². The zero-order valence-corrected chi connectivity index (χ0v) is 10.7. The molecule has 3 heteroatoms. The molecule has 1 aromatic heterocycles. The number of hydrogen-bond acceptors (Lipinski definition) is 3. The van der Waals surface area contributed by atoms with Crippen molar-refractivity contribution in [1.29, 1.82) is 0 Å². The van der Waals surface area contributed by atoms with Crippen molar-refractivity contribution in [3.63, 3.8) is 0 Å². The normalized spacial score (nSPS) is 18.2. The molecule has 0 bridgehead atoms. The van der Waals surface area contributed by atoms with Gasteiger partial charge in [-0.3, -0.25) is 9.59 Å². The van der Waals surface area contributed by atoms with E-state index in [1.165, 1.54) is 6.26 Å². The Morgan fingerprint density at radius 3 is 2.68 bits per heavy atom.